The van der Waals surface area contributed by atoms with Crippen LogP contribution < -0.4 is 4.90 Å². The van der Waals surface area contributed by atoms with Crippen LogP contribution in [0.25, 0.3) is 0 Å². The van der Waals surface area contributed by atoms with Gasteiger partial charge in [0.25, 0.3) is 11.0 Å². The van der Waals surface area contributed by atoms with Crippen LogP contribution in [0, 0.1) is 10.1 Å². The predicted octanol–water partition coefficient (Wildman–Crippen LogP) is 0.661. The molecule has 1 aliphatic rings. The second kappa shape index (κ2) is 5.55. The number of nitrogens with zero attached hydrogens (tertiary/aromatic N) is 3. The number of benzene rings is 1. The van der Waals surface area contributed by atoms with Gasteiger partial charge in [0.1, 0.15) is 13.3 Å². The number of para-hydroxylation sites is 1. The van der Waals surface area contributed by atoms with Gasteiger partial charge >= 0.3 is 0 Å². The number of anilines is 1. The molecule has 2 rings (SSSR count). The summed E-state index contributed by atoms with van der Waals surface area (Å²) in [5, 5.41) is 9.20. The summed E-state index contributed by atoms with van der Waals surface area (Å²) in [4.78, 5) is 41.0. The number of fused-ring (bicyclic) bond motifs is 1. The van der Waals surface area contributed by atoms with Gasteiger partial charge in [-0.05, 0) is 12.1 Å². The van der Waals surface area contributed by atoms with Crippen molar-refractivity contribution < 1.29 is 19.5 Å². The molecule has 0 bridgehead atoms. The first-order valence-corrected chi connectivity index (χ1v) is 5.94. The monoisotopic (exact) mass is 279 g/mol. The average Bonchev–Trinajstić information content (AvgIpc) is 2.41. The van der Waals surface area contributed by atoms with E-state index in [1.807, 2.05) is 0 Å². The Bertz CT molecular complexity index is 560. The van der Waals surface area contributed by atoms with Crippen LogP contribution in [0.3, 0.4) is 0 Å². The molecule has 1 heterocycles. The van der Waals surface area contributed by atoms with Gasteiger partial charge in [-0.15, -0.1) is 10.1 Å². The van der Waals surface area contributed by atoms with Gasteiger partial charge in [-0.25, -0.2) is 0 Å². The number of carbonyl (C=O) groups is 2. The van der Waals surface area contributed by atoms with Gasteiger partial charge in [0.05, 0.1) is 11.3 Å². The van der Waals surface area contributed by atoms with Crippen LogP contribution in [0.1, 0.15) is 17.3 Å². The van der Waals surface area contributed by atoms with Gasteiger partial charge in [0, 0.05) is 13.5 Å². The fourth-order valence-electron chi connectivity index (χ4n) is 2.04. The molecular weight excluding hydrogens is 266 g/mol. The summed E-state index contributed by atoms with van der Waals surface area (Å²) in [5.74, 6) is -0.477. The van der Waals surface area contributed by atoms with E-state index in [2.05, 4.69) is 4.84 Å². The van der Waals surface area contributed by atoms with Gasteiger partial charge in [-0.3, -0.25) is 14.5 Å². The van der Waals surface area contributed by atoms with Crippen molar-refractivity contribution >= 4 is 17.5 Å². The summed E-state index contributed by atoms with van der Waals surface area (Å²) in [5.41, 5.74) is 0.950. The summed E-state index contributed by atoms with van der Waals surface area (Å²) < 4.78 is 0. The Kier molecular flexibility index (Phi) is 3.83. The maximum atomic E-state index is 12.2. The zero-order valence-electron chi connectivity index (χ0n) is 10.8. The molecule has 0 spiro atoms. The fraction of sp³-hybridized carbons (Fsp3) is 0.333. The molecule has 0 N–H and O–H groups in total. The topological polar surface area (TPSA) is 93.0 Å². The van der Waals surface area contributed by atoms with Crippen LogP contribution in [0.4, 0.5) is 5.69 Å². The lowest BCUT2D eigenvalue weighted by atomic mass is 10.1. The highest BCUT2D eigenvalue weighted by Gasteiger charge is 2.30. The van der Waals surface area contributed by atoms with Crippen LogP contribution in [0.2, 0.25) is 0 Å². The third-order valence-electron chi connectivity index (χ3n) is 2.96. The molecule has 20 heavy (non-hydrogen) atoms. The smallest absolute Gasteiger partial charge is 0.294 e. The molecule has 1 aromatic carbocycles. The Labute approximate surface area is 114 Å². The van der Waals surface area contributed by atoms with E-state index in [0.717, 1.165) is 0 Å². The fourth-order valence-corrected chi connectivity index (χ4v) is 2.04. The second-order valence-corrected chi connectivity index (χ2v) is 4.23. The molecule has 2 amide bonds. The van der Waals surface area contributed by atoms with E-state index < -0.39 is 5.09 Å². The van der Waals surface area contributed by atoms with Crippen LogP contribution in [-0.4, -0.2) is 41.6 Å². The van der Waals surface area contributed by atoms with Gasteiger partial charge < -0.3 is 9.74 Å². The first-order valence-electron chi connectivity index (χ1n) is 5.94. The molecular formula is C12H13N3O5. The minimum atomic E-state index is -0.912. The van der Waals surface area contributed by atoms with E-state index in [0.29, 0.717) is 11.3 Å². The summed E-state index contributed by atoms with van der Waals surface area (Å²) in [6.07, 6.45) is 0. The third-order valence-corrected chi connectivity index (χ3v) is 2.96. The van der Waals surface area contributed by atoms with Crippen LogP contribution in [0.5, 0.6) is 0 Å². The van der Waals surface area contributed by atoms with Crippen LogP contribution in [0.15, 0.2) is 24.3 Å². The number of amides is 2. The summed E-state index contributed by atoms with van der Waals surface area (Å²) in [7, 11) is 0. The normalized spacial score (nSPS) is 13.9. The molecule has 0 fully saturated rings. The van der Waals surface area contributed by atoms with Gasteiger partial charge in [-0.1, -0.05) is 12.1 Å². The Morgan fingerprint density at radius 2 is 2.15 bits per heavy atom. The van der Waals surface area contributed by atoms with Gasteiger partial charge in [0.15, 0.2) is 0 Å². The van der Waals surface area contributed by atoms with E-state index >= 15 is 0 Å². The molecule has 8 heteroatoms. The highest BCUT2D eigenvalue weighted by molar-refractivity contribution is 6.06. The van der Waals surface area contributed by atoms with Crippen molar-refractivity contribution in [2.45, 2.75) is 6.92 Å². The van der Waals surface area contributed by atoms with Crippen LogP contribution in [-0.2, 0) is 9.63 Å². The molecule has 0 aliphatic carbocycles. The Hall–Kier alpha value is -2.64. The minimum Gasteiger partial charge on any atom is -0.318 e. The quantitative estimate of drug-likeness (QED) is 0.596. The molecule has 0 atom stereocenters. The molecule has 8 nitrogen and oxygen atoms in total. The Morgan fingerprint density at radius 1 is 1.45 bits per heavy atom. The zero-order chi connectivity index (χ0) is 14.7. The largest absolute Gasteiger partial charge is 0.318 e. The van der Waals surface area contributed by atoms with Crippen molar-refractivity contribution in [1.29, 1.82) is 0 Å². The summed E-state index contributed by atoms with van der Waals surface area (Å²) in [6, 6.07) is 6.76. The van der Waals surface area contributed by atoms with Crippen molar-refractivity contribution in [2.75, 3.05) is 24.7 Å². The highest BCUT2D eigenvalue weighted by Crippen LogP contribution is 2.26. The molecule has 1 aromatic rings. The standard InChI is InChI=1S/C12H13N3O5/c1-9(16)14-8-13(6-7-20-15(18)19)12(17)10-4-2-3-5-11(10)14/h2-5H,6-8H2,1H3. The Morgan fingerprint density at radius 3 is 2.80 bits per heavy atom. The minimum absolute atomic E-state index is 0.0396. The maximum absolute atomic E-state index is 12.2. The van der Waals surface area contributed by atoms with Crippen molar-refractivity contribution in [2.24, 2.45) is 0 Å². The summed E-state index contributed by atoms with van der Waals surface area (Å²) in [6.45, 7) is 1.27. The predicted molar refractivity (Wildman–Crippen MR) is 68.5 cm³/mol. The molecule has 0 aromatic heterocycles. The lowest BCUT2D eigenvalue weighted by Crippen LogP contribution is -2.49. The maximum Gasteiger partial charge on any atom is 0.294 e. The highest BCUT2D eigenvalue weighted by atomic mass is 16.9. The summed E-state index contributed by atoms with van der Waals surface area (Å²) >= 11 is 0. The van der Waals surface area contributed by atoms with Crippen molar-refractivity contribution in [3.8, 4) is 0 Å². The molecule has 0 radical (unpaired) electrons. The van der Waals surface area contributed by atoms with Crippen LogP contribution >= 0.6 is 0 Å². The first-order chi connectivity index (χ1) is 9.50. The van der Waals surface area contributed by atoms with Gasteiger partial charge in [0.2, 0.25) is 5.91 Å². The van der Waals surface area contributed by atoms with Crippen molar-refractivity contribution in [1.82, 2.24) is 4.90 Å². The lowest BCUT2D eigenvalue weighted by Gasteiger charge is -2.36. The number of rotatable bonds is 4. The number of hydrogen-bond acceptors (Lipinski definition) is 5. The number of carbonyl (C=O) groups excluding carboxylic acids is 2. The molecule has 0 saturated carbocycles. The molecule has 0 unspecified atom stereocenters. The Balaban J connectivity index is 2.20. The first kappa shape index (κ1) is 13.8. The van der Waals surface area contributed by atoms with E-state index in [1.54, 1.807) is 24.3 Å². The van der Waals surface area contributed by atoms with E-state index in [4.69, 9.17) is 0 Å². The third kappa shape index (κ3) is 2.68. The van der Waals surface area contributed by atoms with E-state index in [1.165, 1.54) is 16.7 Å². The van der Waals surface area contributed by atoms with Gasteiger partial charge in [-0.2, -0.15) is 0 Å². The molecule has 106 valence electrons. The molecule has 1 aliphatic heterocycles. The lowest BCUT2D eigenvalue weighted by molar-refractivity contribution is -0.757. The molecule has 0 saturated heterocycles. The second-order valence-electron chi connectivity index (χ2n) is 4.23. The van der Waals surface area contributed by atoms with E-state index in [9.17, 15) is 19.7 Å². The zero-order valence-corrected chi connectivity index (χ0v) is 10.8. The van der Waals surface area contributed by atoms with Crippen molar-refractivity contribution in [3.63, 3.8) is 0 Å². The van der Waals surface area contributed by atoms with E-state index in [-0.39, 0.29) is 31.6 Å². The van der Waals surface area contributed by atoms with Crippen molar-refractivity contribution in [3.05, 3.63) is 39.9 Å². The SMILES string of the molecule is CC(=O)N1CN(CCO[N+](=O)[O-])C(=O)c2ccccc21. The number of hydrogen-bond donors (Lipinski definition) is 0. The average molecular weight is 279 g/mol.